The van der Waals surface area contributed by atoms with Gasteiger partial charge in [0.05, 0.1) is 73.9 Å². The van der Waals surface area contributed by atoms with Crippen molar-refractivity contribution in [2.45, 2.75) is 159 Å². The number of hydrogen-bond acceptors (Lipinski definition) is 0. The summed E-state index contributed by atoms with van der Waals surface area (Å²) in [6, 6.07) is 0. The minimum absolute atomic E-state index is 0.987. The van der Waals surface area contributed by atoms with E-state index < -0.39 is 21.8 Å². The number of benzene rings is 1. The van der Waals surface area contributed by atoms with Gasteiger partial charge >= 0.3 is 0 Å². The molecule has 0 atom stereocenters. The molecule has 0 nitrogen and oxygen atoms in total. The Bertz CT molecular complexity index is 700. The molecule has 3 heteroatoms. The van der Waals surface area contributed by atoms with Crippen LogP contribution in [0.25, 0.3) is 0 Å². The lowest BCUT2D eigenvalue weighted by Gasteiger charge is -2.34. The zero-order valence-corrected chi connectivity index (χ0v) is 33.9. The molecule has 0 saturated carbocycles. The second-order valence-electron chi connectivity index (χ2n) is 14.3. The van der Waals surface area contributed by atoms with Gasteiger partial charge in [-0.15, -0.1) is 0 Å². The van der Waals surface area contributed by atoms with Gasteiger partial charge in [-0.1, -0.05) is 62.3 Å². The highest BCUT2D eigenvalue weighted by atomic mass is 31.2. The highest BCUT2D eigenvalue weighted by Crippen LogP contribution is 2.67. The van der Waals surface area contributed by atoms with Crippen LogP contribution in [0, 0.1) is 20.8 Å². The molecule has 0 aliphatic heterocycles. The minimum atomic E-state index is -0.987. The predicted molar refractivity (Wildman–Crippen MR) is 209 cm³/mol. The van der Waals surface area contributed by atoms with E-state index in [-0.39, 0.29) is 0 Å². The molecule has 0 spiro atoms. The summed E-state index contributed by atoms with van der Waals surface area (Å²) in [5.74, 6) is 0. The molecule has 0 bridgehead atoms. The molecule has 0 aliphatic rings. The molecule has 0 N–H and O–H groups in total. The predicted octanol–water partition coefficient (Wildman–Crippen LogP) is 13.9. The van der Waals surface area contributed by atoms with Gasteiger partial charge in [0.2, 0.25) is 0 Å². The lowest BCUT2D eigenvalue weighted by Crippen LogP contribution is -2.18. The summed E-state index contributed by atoms with van der Waals surface area (Å²) in [5.41, 5.74) is 10.8. The molecule has 0 saturated heterocycles. The maximum Gasteiger partial charge on any atom is 0.0848 e. The van der Waals surface area contributed by atoms with Gasteiger partial charge in [0, 0.05) is 21.8 Å². The van der Waals surface area contributed by atoms with E-state index in [1.54, 1.807) is 16.7 Å². The van der Waals surface area contributed by atoms with Crippen LogP contribution in [0.3, 0.4) is 0 Å². The van der Waals surface area contributed by atoms with Crippen LogP contribution in [-0.4, -0.2) is 55.5 Å². The Morgan fingerprint density at radius 3 is 0.548 bits per heavy atom. The Hall–Kier alpha value is 0.510. The van der Waals surface area contributed by atoms with E-state index >= 15 is 0 Å². The highest BCUT2D eigenvalue weighted by Gasteiger charge is 2.42. The molecular formula is C39H78P3+3. The van der Waals surface area contributed by atoms with Crippen LogP contribution in [0.5, 0.6) is 0 Å². The van der Waals surface area contributed by atoms with E-state index in [1.807, 2.05) is 16.7 Å². The topological polar surface area (TPSA) is 0 Å². The Kier molecular flexibility index (Phi) is 19.9. The van der Waals surface area contributed by atoms with Gasteiger partial charge in [-0.3, -0.25) is 0 Å². The smallest absolute Gasteiger partial charge is 0.0619 e. The van der Waals surface area contributed by atoms with Crippen molar-refractivity contribution in [1.29, 1.82) is 0 Å². The fourth-order valence-corrected chi connectivity index (χ4v) is 24.5. The first-order chi connectivity index (χ1) is 20.1. The van der Waals surface area contributed by atoms with Crippen LogP contribution in [-0.2, 0) is 18.5 Å². The van der Waals surface area contributed by atoms with E-state index in [4.69, 9.17) is 0 Å². The number of hydrogen-bond donors (Lipinski definition) is 0. The van der Waals surface area contributed by atoms with E-state index in [2.05, 4.69) is 83.1 Å². The van der Waals surface area contributed by atoms with Crippen molar-refractivity contribution in [3.63, 3.8) is 0 Å². The summed E-state index contributed by atoms with van der Waals surface area (Å²) in [7, 11) is -2.96. The molecule has 0 aliphatic carbocycles. The summed E-state index contributed by atoms with van der Waals surface area (Å²) in [6.07, 6.45) is 30.1. The molecule has 246 valence electrons. The van der Waals surface area contributed by atoms with Crippen molar-refractivity contribution in [3.05, 3.63) is 33.4 Å². The lowest BCUT2D eigenvalue weighted by atomic mass is 9.90. The maximum atomic E-state index is 2.60. The van der Waals surface area contributed by atoms with Crippen molar-refractivity contribution in [1.82, 2.24) is 0 Å². The first-order valence-corrected chi connectivity index (χ1v) is 26.3. The average molecular weight is 640 g/mol. The average Bonchev–Trinajstić information content (AvgIpc) is 2.93. The Balaban J connectivity index is 4.08. The largest absolute Gasteiger partial charge is 0.0848 e. The van der Waals surface area contributed by atoms with Crippen LogP contribution in [0.15, 0.2) is 0 Å². The summed E-state index contributed by atoms with van der Waals surface area (Å²) in [5, 5.41) is 0. The third-order valence-corrected chi connectivity index (χ3v) is 26.0. The SMILES string of the molecule is CCC[P+](CCC)(CCC)Cc1c(C)c(C[P+](CCC)(CCC)CCC)c(C)c(C[P+](CCC)(CCC)CCC)c1C. The fourth-order valence-electron chi connectivity index (χ4n) is 9.09. The van der Waals surface area contributed by atoms with Crippen molar-refractivity contribution < 1.29 is 0 Å². The van der Waals surface area contributed by atoms with Crippen LogP contribution < -0.4 is 0 Å². The van der Waals surface area contributed by atoms with E-state index in [0.29, 0.717) is 0 Å². The normalized spacial score (nSPS) is 12.9. The van der Waals surface area contributed by atoms with Crippen LogP contribution in [0.2, 0.25) is 0 Å². The molecule has 0 unspecified atom stereocenters. The number of rotatable bonds is 24. The van der Waals surface area contributed by atoms with E-state index in [9.17, 15) is 0 Å². The Morgan fingerprint density at radius 2 is 0.429 bits per heavy atom. The standard InChI is InChI=1S/C39H78P3/c1-13-22-40(23-14-2,24-15-3)31-37-34(10)38(32-41(25-16-4,26-17-5)27-18-6)36(12)39(35(37)11)33-42(28-19-7,29-20-8)30-21-9/h13-33H2,1-12H3/q+3. The summed E-state index contributed by atoms with van der Waals surface area (Å²) in [4.78, 5) is 0. The minimum Gasteiger partial charge on any atom is -0.0619 e. The molecule has 0 aromatic heterocycles. The van der Waals surface area contributed by atoms with Gasteiger partial charge in [-0.2, -0.15) is 0 Å². The maximum absolute atomic E-state index is 2.60. The molecule has 1 aromatic carbocycles. The van der Waals surface area contributed by atoms with Crippen molar-refractivity contribution >= 4 is 21.8 Å². The lowest BCUT2D eigenvalue weighted by molar-refractivity contribution is 0.960. The summed E-state index contributed by atoms with van der Waals surface area (Å²) < 4.78 is 0. The van der Waals surface area contributed by atoms with Crippen LogP contribution >= 0.6 is 21.8 Å². The van der Waals surface area contributed by atoms with E-state index in [1.165, 1.54) is 132 Å². The van der Waals surface area contributed by atoms with Crippen molar-refractivity contribution in [3.8, 4) is 0 Å². The van der Waals surface area contributed by atoms with E-state index in [0.717, 1.165) is 0 Å². The van der Waals surface area contributed by atoms with Gasteiger partial charge < -0.3 is 0 Å². The van der Waals surface area contributed by atoms with Gasteiger partial charge in [0.15, 0.2) is 0 Å². The molecule has 0 heterocycles. The van der Waals surface area contributed by atoms with Gasteiger partial charge in [-0.25, -0.2) is 0 Å². The van der Waals surface area contributed by atoms with Crippen molar-refractivity contribution in [2.24, 2.45) is 0 Å². The molecule has 1 rings (SSSR count). The zero-order valence-electron chi connectivity index (χ0n) is 31.2. The monoisotopic (exact) mass is 640 g/mol. The van der Waals surface area contributed by atoms with Gasteiger partial charge in [-0.05, 0) is 112 Å². The Labute approximate surface area is 269 Å². The molecule has 0 fully saturated rings. The van der Waals surface area contributed by atoms with Crippen LogP contribution in [0.4, 0.5) is 0 Å². The summed E-state index contributed by atoms with van der Waals surface area (Å²) >= 11 is 0. The summed E-state index contributed by atoms with van der Waals surface area (Å²) in [6.45, 7) is 29.9. The highest BCUT2D eigenvalue weighted by molar-refractivity contribution is 7.75. The molecular weight excluding hydrogens is 561 g/mol. The third kappa shape index (κ3) is 11.1. The molecule has 0 radical (unpaired) electrons. The first-order valence-electron chi connectivity index (χ1n) is 18.7. The molecule has 1 aromatic rings. The second-order valence-corrected chi connectivity index (χ2v) is 27.3. The fraction of sp³-hybridized carbons (Fsp3) is 0.846. The molecule has 0 amide bonds. The van der Waals surface area contributed by atoms with Crippen molar-refractivity contribution in [2.75, 3.05) is 55.5 Å². The first kappa shape index (κ1) is 40.5. The van der Waals surface area contributed by atoms with Gasteiger partial charge in [0.25, 0.3) is 0 Å². The van der Waals surface area contributed by atoms with Gasteiger partial charge in [0.1, 0.15) is 0 Å². The van der Waals surface area contributed by atoms with Crippen LogP contribution in [0.1, 0.15) is 153 Å². The second kappa shape index (κ2) is 20.6. The zero-order chi connectivity index (χ0) is 31.8. The third-order valence-electron chi connectivity index (χ3n) is 10.5. The quantitative estimate of drug-likeness (QED) is 0.0987. The Morgan fingerprint density at radius 1 is 0.286 bits per heavy atom. The molecule has 42 heavy (non-hydrogen) atoms.